The van der Waals surface area contributed by atoms with E-state index in [4.69, 9.17) is 10.5 Å². The van der Waals surface area contributed by atoms with Gasteiger partial charge in [0, 0.05) is 32.7 Å². The van der Waals surface area contributed by atoms with E-state index in [2.05, 4.69) is 20.1 Å². The van der Waals surface area contributed by atoms with Crippen molar-refractivity contribution in [3.05, 3.63) is 5.82 Å². The molecular formula is C13H22N6O2. The highest BCUT2D eigenvalue weighted by Crippen LogP contribution is 2.20. The van der Waals surface area contributed by atoms with Gasteiger partial charge in [-0.15, -0.1) is 5.10 Å². The number of amides is 1. The predicted molar refractivity (Wildman–Crippen MR) is 76.7 cm³/mol. The smallest absolute Gasteiger partial charge is 0.291 e. The standard InChI is InChI=1S/C13H22N6O2/c14-13-15-11(16-17-13)12(20)19-3-1-10(2-4-19)9-18-5-7-21-8-6-18/h10H,1-9H2,(H3,14,15,16,17). The first-order valence-corrected chi connectivity index (χ1v) is 7.49. The summed E-state index contributed by atoms with van der Waals surface area (Å²) in [6.45, 7) is 6.38. The first-order valence-electron chi connectivity index (χ1n) is 7.49. The number of rotatable bonds is 3. The van der Waals surface area contributed by atoms with Crippen LogP contribution >= 0.6 is 0 Å². The molecule has 8 heteroatoms. The Balaban J connectivity index is 1.47. The Kier molecular flexibility index (Phi) is 4.35. The number of nitrogens with one attached hydrogen (secondary N) is 1. The third kappa shape index (κ3) is 3.51. The van der Waals surface area contributed by atoms with Crippen LogP contribution in [0.1, 0.15) is 23.5 Å². The second-order valence-corrected chi connectivity index (χ2v) is 5.69. The maximum absolute atomic E-state index is 12.2. The molecule has 0 atom stereocenters. The lowest BCUT2D eigenvalue weighted by Crippen LogP contribution is -2.44. The first kappa shape index (κ1) is 14.3. The summed E-state index contributed by atoms with van der Waals surface area (Å²) in [5.74, 6) is 0.899. The number of ether oxygens (including phenoxy) is 1. The van der Waals surface area contributed by atoms with Gasteiger partial charge in [-0.3, -0.25) is 14.8 Å². The van der Waals surface area contributed by atoms with E-state index >= 15 is 0 Å². The van der Waals surface area contributed by atoms with Crippen LogP contribution in [0.3, 0.4) is 0 Å². The largest absolute Gasteiger partial charge is 0.379 e. The van der Waals surface area contributed by atoms with Crippen LogP contribution in [-0.4, -0.2) is 76.8 Å². The van der Waals surface area contributed by atoms with Gasteiger partial charge in [0.05, 0.1) is 13.2 Å². The fourth-order valence-corrected chi connectivity index (χ4v) is 2.99. The summed E-state index contributed by atoms with van der Waals surface area (Å²) >= 11 is 0. The van der Waals surface area contributed by atoms with Crippen LogP contribution in [0.15, 0.2) is 0 Å². The van der Waals surface area contributed by atoms with Crippen molar-refractivity contribution in [2.24, 2.45) is 5.92 Å². The molecule has 0 aliphatic carbocycles. The molecule has 3 N–H and O–H groups in total. The summed E-state index contributed by atoms with van der Waals surface area (Å²) in [6, 6.07) is 0. The van der Waals surface area contributed by atoms with Gasteiger partial charge in [0.2, 0.25) is 11.8 Å². The quantitative estimate of drug-likeness (QED) is 0.784. The van der Waals surface area contributed by atoms with Gasteiger partial charge in [-0.05, 0) is 18.8 Å². The van der Waals surface area contributed by atoms with Gasteiger partial charge >= 0.3 is 0 Å². The van der Waals surface area contributed by atoms with E-state index in [0.717, 1.165) is 58.8 Å². The second kappa shape index (κ2) is 6.40. The van der Waals surface area contributed by atoms with Crippen molar-refractivity contribution in [1.82, 2.24) is 25.0 Å². The maximum Gasteiger partial charge on any atom is 0.291 e. The van der Waals surface area contributed by atoms with Crippen LogP contribution in [0, 0.1) is 5.92 Å². The van der Waals surface area contributed by atoms with E-state index in [1.165, 1.54) is 0 Å². The van der Waals surface area contributed by atoms with Crippen molar-refractivity contribution < 1.29 is 9.53 Å². The van der Waals surface area contributed by atoms with E-state index in [9.17, 15) is 4.79 Å². The average Bonchev–Trinajstić information content (AvgIpc) is 2.95. The van der Waals surface area contributed by atoms with Gasteiger partial charge in [-0.1, -0.05) is 0 Å². The highest BCUT2D eigenvalue weighted by molar-refractivity contribution is 5.90. The molecule has 3 rings (SSSR count). The van der Waals surface area contributed by atoms with E-state index in [1.807, 2.05) is 4.90 Å². The molecule has 2 fully saturated rings. The van der Waals surface area contributed by atoms with E-state index < -0.39 is 0 Å². The molecule has 8 nitrogen and oxygen atoms in total. The molecule has 0 saturated carbocycles. The van der Waals surface area contributed by atoms with E-state index in [-0.39, 0.29) is 17.7 Å². The minimum Gasteiger partial charge on any atom is -0.379 e. The number of nitrogens with two attached hydrogens (primary N) is 1. The Morgan fingerprint density at radius 3 is 2.62 bits per heavy atom. The summed E-state index contributed by atoms with van der Waals surface area (Å²) in [5, 5.41) is 6.28. The number of hydrogen-bond donors (Lipinski definition) is 2. The number of hydrogen-bond acceptors (Lipinski definition) is 6. The number of carbonyl (C=O) groups is 1. The Bertz CT molecular complexity index is 477. The van der Waals surface area contributed by atoms with Crippen molar-refractivity contribution in [3.8, 4) is 0 Å². The summed E-state index contributed by atoms with van der Waals surface area (Å²) in [7, 11) is 0. The van der Waals surface area contributed by atoms with E-state index in [1.54, 1.807) is 0 Å². The molecule has 0 radical (unpaired) electrons. The number of carbonyl (C=O) groups excluding carboxylic acids is 1. The van der Waals surface area contributed by atoms with Crippen LogP contribution in [0.2, 0.25) is 0 Å². The first-order chi connectivity index (χ1) is 10.2. The third-order valence-electron chi connectivity index (χ3n) is 4.23. The number of morpholine rings is 1. The number of anilines is 1. The fraction of sp³-hybridized carbons (Fsp3) is 0.769. The molecule has 116 valence electrons. The number of nitrogen functional groups attached to an aromatic ring is 1. The zero-order valence-corrected chi connectivity index (χ0v) is 12.1. The van der Waals surface area contributed by atoms with Crippen LogP contribution in [0.25, 0.3) is 0 Å². The number of piperidine rings is 1. The SMILES string of the molecule is Nc1n[nH]c(C(=O)N2CCC(CN3CCOCC3)CC2)n1. The number of aromatic nitrogens is 3. The van der Waals surface area contributed by atoms with Gasteiger partial charge in [0.25, 0.3) is 5.91 Å². The number of likely N-dealkylation sites (tertiary alicyclic amines) is 1. The van der Waals surface area contributed by atoms with Crippen molar-refractivity contribution >= 4 is 11.9 Å². The van der Waals surface area contributed by atoms with Crippen LogP contribution in [0.5, 0.6) is 0 Å². The average molecular weight is 294 g/mol. The van der Waals surface area contributed by atoms with Crippen molar-refractivity contribution in [1.29, 1.82) is 0 Å². The van der Waals surface area contributed by atoms with Crippen molar-refractivity contribution in [2.75, 3.05) is 51.7 Å². The molecular weight excluding hydrogens is 272 g/mol. The summed E-state index contributed by atoms with van der Waals surface area (Å²) < 4.78 is 5.37. The third-order valence-corrected chi connectivity index (χ3v) is 4.23. The normalized spacial score (nSPS) is 21.6. The lowest BCUT2D eigenvalue weighted by Gasteiger charge is -2.35. The molecule has 3 heterocycles. The van der Waals surface area contributed by atoms with Gasteiger partial charge < -0.3 is 15.4 Å². The zero-order chi connectivity index (χ0) is 14.7. The summed E-state index contributed by atoms with van der Waals surface area (Å²) in [5.41, 5.74) is 5.43. The molecule has 1 aromatic rings. The maximum atomic E-state index is 12.2. The molecule has 1 aromatic heterocycles. The van der Waals surface area contributed by atoms with Crippen molar-refractivity contribution in [2.45, 2.75) is 12.8 Å². The lowest BCUT2D eigenvalue weighted by atomic mass is 9.96. The highest BCUT2D eigenvalue weighted by Gasteiger charge is 2.26. The van der Waals surface area contributed by atoms with Crippen molar-refractivity contribution in [3.63, 3.8) is 0 Å². The Morgan fingerprint density at radius 1 is 1.29 bits per heavy atom. The molecule has 0 bridgehead atoms. The topological polar surface area (TPSA) is 100 Å². The molecule has 2 aliphatic heterocycles. The highest BCUT2D eigenvalue weighted by atomic mass is 16.5. The number of H-pyrrole nitrogens is 1. The second-order valence-electron chi connectivity index (χ2n) is 5.69. The van der Waals surface area contributed by atoms with E-state index in [0.29, 0.717) is 5.92 Å². The van der Waals surface area contributed by atoms with Gasteiger partial charge in [-0.25, -0.2) is 0 Å². The lowest BCUT2D eigenvalue weighted by molar-refractivity contribution is 0.0242. The van der Waals surface area contributed by atoms with Crippen LogP contribution in [0.4, 0.5) is 5.95 Å². The van der Waals surface area contributed by atoms with Gasteiger partial charge in [0.1, 0.15) is 0 Å². The molecule has 2 aliphatic rings. The number of aromatic amines is 1. The molecule has 21 heavy (non-hydrogen) atoms. The minimum atomic E-state index is -0.107. The van der Waals surface area contributed by atoms with Crippen LogP contribution in [-0.2, 0) is 4.74 Å². The van der Waals surface area contributed by atoms with Gasteiger partial charge in [-0.2, -0.15) is 4.98 Å². The Labute approximate surface area is 123 Å². The predicted octanol–water partition coefficient (Wildman–Crippen LogP) is -0.429. The summed E-state index contributed by atoms with van der Waals surface area (Å²) in [4.78, 5) is 20.4. The van der Waals surface area contributed by atoms with Gasteiger partial charge in [0.15, 0.2) is 0 Å². The fourth-order valence-electron chi connectivity index (χ4n) is 2.99. The Morgan fingerprint density at radius 2 is 2.00 bits per heavy atom. The molecule has 0 aromatic carbocycles. The zero-order valence-electron chi connectivity index (χ0n) is 12.1. The molecule has 0 spiro atoms. The minimum absolute atomic E-state index is 0.107. The van der Waals surface area contributed by atoms with Crippen LogP contribution < -0.4 is 5.73 Å². The number of nitrogens with zero attached hydrogens (tertiary/aromatic N) is 4. The Hall–Kier alpha value is -1.67. The molecule has 0 unspecified atom stereocenters. The monoisotopic (exact) mass is 294 g/mol. The summed E-state index contributed by atoms with van der Waals surface area (Å²) in [6.07, 6.45) is 2.07. The molecule has 2 saturated heterocycles. The molecule has 1 amide bonds.